The number of likely N-dealkylation sites (N-methyl/N-ethyl adjacent to an activating group) is 1. The van der Waals surface area contributed by atoms with Crippen LogP contribution >= 0.6 is 0 Å². The van der Waals surface area contributed by atoms with Gasteiger partial charge >= 0.3 is 6.18 Å². The summed E-state index contributed by atoms with van der Waals surface area (Å²) in [4.78, 5) is 12.2. The molecule has 1 aromatic carbocycles. The number of nitrogens with two attached hydrogens (primary N) is 1. The number of anilines is 2. The summed E-state index contributed by atoms with van der Waals surface area (Å²) in [6.45, 7) is 2.87. The zero-order chi connectivity index (χ0) is 20.6. The van der Waals surface area contributed by atoms with Gasteiger partial charge in [-0.25, -0.2) is 4.68 Å². The first-order valence-electron chi connectivity index (χ1n) is 9.10. The van der Waals surface area contributed by atoms with Crippen LogP contribution in [0.15, 0.2) is 42.7 Å². The van der Waals surface area contributed by atoms with Crippen LogP contribution in [0.1, 0.15) is 5.56 Å². The smallest absolute Gasteiger partial charge is 0.369 e. The fraction of sp³-hybridized carbons (Fsp3) is 0.316. The first-order chi connectivity index (χ1) is 13.8. The molecular formula is C19H20F3N7. The summed E-state index contributed by atoms with van der Waals surface area (Å²) in [5.74, 6) is 0.227. The molecule has 3 aromatic rings. The Labute approximate surface area is 165 Å². The summed E-state index contributed by atoms with van der Waals surface area (Å²) in [6.07, 6.45) is -1.35. The monoisotopic (exact) mass is 403 g/mol. The van der Waals surface area contributed by atoms with Gasteiger partial charge in [-0.2, -0.15) is 18.2 Å². The molecule has 0 aliphatic carbocycles. The van der Waals surface area contributed by atoms with Crippen molar-refractivity contribution >= 4 is 11.6 Å². The van der Waals surface area contributed by atoms with Gasteiger partial charge in [-0.15, -0.1) is 5.10 Å². The molecule has 1 aliphatic rings. The molecule has 1 fully saturated rings. The highest BCUT2D eigenvalue weighted by molar-refractivity contribution is 5.67. The largest absolute Gasteiger partial charge is 0.416 e. The molecule has 152 valence electrons. The molecule has 1 saturated heterocycles. The molecule has 4 rings (SSSR count). The van der Waals surface area contributed by atoms with Gasteiger partial charge in [0.2, 0.25) is 5.95 Å². The van der Waals surface area contributed by atoms with Gasteiger partial charge in [-0.05, 0) is 37.4 Å². The lowest BCUT2D eigenvalue weighted by atomic mass is 10.1. The number of halogens is 3. The van der Waals surface area contributed by atoms with Gasteiger partial charge in [0.25, 0.3) is 0 Å². The Kier molecular flexibility index (Phi) is 4.87. The van der Waals surface area contributed by atoms with Crippen LogP contribution in [-0.2, 0) is 6.18 Å². The van der Waals surface area contributed by atoms with E-state index >= 15 is 0 Å². The second-order valence-electron chi connectivity index (χ2n) is 6.97. The van der Waals surface area contributed by atoms with Crippen LogP contribution in [0.3, 0.4) is 0 Å². The minimum atomic E-state index is -4.48. The zero-order valence-corrected chi connectivity index (χ0v) is 15.8. The molecule has 0 atom stereocenters. The number of benzene rings is 1. The van der Waals surface area contributed by atoms with Crippen molar-refractivity contribution in [1.29, 1.82) is 0 Å². The molecule has 10 heteroatoms. The van der Waals surface area contributed by atoms with Crippen molar-refractivity contribution in [1.82, 2.24) is 24.6 Å². The van der Waals surface area contributed by atoms with E-state index in [0.717, 1.165) is 19.2 Å². The van der Waals surface area contributed by atoms with E-state index in [4.69, 9.17) is 5.73 Å². The summed E-state index contributed by atoms with van der Waals surface area (Å²) >= 11 is 0. The van der Waals surface area contributed by atoms with Gasteiger partial charge in [0.15, 0.2) is 5.82 Å². The Balaban J connectivity index is 1.83. The van der Waals surface area contributed by atoms with E-state index in [0.29, 0.717) is 30.0 Å². The number of rotatable bonds is 3. The Morgan fingerprint density at radius 1 is 0.966 bits per heavy atom. The highest BCUT2D eigenvalue weighted by Crippen LogP contribution is 2.36. The number of hydrogen-bond acceptors (Lipinski definition) is 6. The number of aromatic nitrogens is 4. The summed E-state index contributed by atoms with van der Waals surface area (Å²) < 4.78 is 42.3. The van der Waals surface area contributed by atoms with E-state index in [-0.39, 0.29) is 11.8 Å². The number of nitrogens with zero attached hydrogens (tertiary/aromatic N) is 6. The Hall–Kier alpha value is -3.14. The third-order valence-electron chi connectivity index (χ3n) is 4.90. The normalized spacial score (nSPS) is 15.7. The van der Waals surface area contributed by atoms with Gasteiger partial charge in [0.1, 0.15) is 0 Å². The van der Waals surface area contributed by atoms with Crippen molar-refractivity contribution < 1.29 is 13.2 Å². The fourth-order valence-electron chi connectivity index (χ4n) is 3.33. The number of piperazine rings is 1. The van der Waals surface area contributed by atoms with E-state index < -0.39 is 11.7 Å². The van der Waals surface area contributed by atoms with Crippen LogP contribution < -0.4 is 10.6 Å². The molecule has 7 nitrogen and oxygen atoms in total. The maximum Gasteiger partial charge on any atom is 0.416 e. The average molecular weight is 403 g/mol. The second-order valence-corrected chi connectivity index (χ2v) is 6.97. The number of hydrogen-bond donors (Lipinski definition) is 1. The second kappa shape index (κ2) is 7.36. The minimum absolute atomic E-state index is 0.0182. The quantitative estimate of drug-likeness (QED) is 0.725. The molecule has 0 amide bonds. The summed E-state index contributed by atoms with van der Waals surface area (Å²) in [5, 5.41) is 4.16. The Bertz CT molecular complexity index is 993. The molecule has 0 spiro atoms. The predicted octanol–water partition coefficient (Wildman–Crippen LogP) is 2.68. The molecule has 0 bridgehead atoms. The van der Waals surface area contributed by atoms with Crippen LogP contribution in [0.25, 0.3) is 17.1 Å². The minimum Gasteiger partial charge on any atom is -0.369 e. The number of alkyl halides is 3. The third kappa shape index (κ3) is 4.02. The first-order valence-corrected chi connectivity index (χ1v) is 9.10. The van der Waals surface area contributed by atoms with Gasteiger partial charge in [0, 0.05) is 49.8 Å². The van der Waals surface area contributed by atoms with E-state index in [1.165, 1.54) is 10.7 Å². The van der Waals surface area contributed by atoms with Crippen LogP contribution in [-0.4, -0.2) is 57.9 Å². The van der Waals surface area contributed by atoms with Crippen molar-refractivity contribution in [3.8, 4) is 17.1 Å². The molecular weight excluding hydrogens is 383 g/mol. The fourth-order valence-corrected chi connectivity index (χ4v) is 3.33. The van der Waals surface area contributed by atoms with E-state index in [9.17, 15) is 13.2 Å². The molecule has 1 aliphatic heterocycles. The Morgan fingerprint density at radius 3 is 2.31 bits per heavy atom. The predicted molar refractivity (Wildman–Crippen MR) is 104 cm³/mol. The molecule has 2 aromatic heterocycles. The zero-order valence-electron chi connectivity index (χ0n) is 15.8. The maximum absolute atomic E-state index is 13.6. The summed E-state index contributed by atoms with van der Waals surface area (Å²) in [7, 11) is 1.99. The van der Waals surface area contributed by atoms with Crippen molar-refractivity contribution in [3.63, 3.8) is 0 Å². The van der Waals surface area contributed by atoms with Crippen molar-refractivity contribution in [2.75, 3.05) is 43.9 Å². The van der Waals surface area contributed by atoms with E-state index in [1.54, 1.807) is 30.6 Å². The molecule has 3 heterocycles. The standard InChI is InChI=1S/C19H20F3N7/c1-27-6-8-28(9-7-27)16-11-13(10-14(12-16)19(20,21)22)17-25-18(23)26-29(17)15-2-4-24-5-3-15/h2-5,10-12H,6-9H2,1H3,(H2,23,26). The van der Waals surface area contributed by atoms with Crippen molar-refractivity contribution in [2.45, 2.75) is 6.18 Å². The van der Waals surface area contributed by atoms with Gasteiger partial charge < -0.3 is 15.5 Å². The topological polar surface area (TPSA) is 76.1 Å². The summed E-state index contributed by atoms with van der Waals surface area (Å²) in [6, 6.07) is 7.35. The third-order valence-corrected chi connectivity index (χ3v) is 4.90. The molecule has 0 unspecified atom stereocenters. The SMILES string of the molecule is CN1CCN(c2cc(-c3nc(N)nn3-c3ccncc3)cc(C(F)(F)F)c2)CC1. The van der Waals surface area contributed by atoms with Crippen molar-refractivity contribution in [2.24, 2.45) is 0 Å². The highest BCUT2D eigenvalue weighted by atomic mass is 19.4. The highest BCUT2D eigenvalue weighted by Gasteiger charge is 2.32. The lowest BCUT2D eigenvalue weighted by molar-refractivity contribution is -0.137. The van der Waals surface area contributed by atoms with Gasteiger partial charge in [0.05, 0.1) is 11.3 Å². The maximum atomic E-state index is 13.6. The van der Waals surface area contributed by atoms with E-state index in [2.05, 4.69) is 20.0 Å². The lowest BCUT2D eigenvalue weighted by Crippen LogP contribution is -2.44. The summed E-state index contributed by atoms with van der Waals surface area (Å²) in [5.41, 5.74) is 6.46. The van der Waals surface area contributed by atoms with E-state index in [1.807, 2.05) is 11.9 Å². The van der Waals surface area contributed by atoms with Crippen molar-refractivity contribution in [3.05, 3.63) is 48.3 Å². The molecule has 0 radical (unpaired) electrons. The van der Waals surface area contributed by atoms with Crippen LogP contribution in [0.2, 0.25) is 0 Å². The number of pyridine rings is 1. The molecule has 0 saturated carbocycles. The average Bonchev–Trinajstić information content (AvgIpc) is 3.10. The molecule has 29 heavy (non-hydrogen) atoms. The van der Waals surface area contributed by atoms with Crippen LogP contribution in [0.4, 0.5) is 24.8 Å². The van der Waals surface area contributed by atoms with Gasteiger partial charge in [-0.1, -0.05) is 0 Å². The lowest BCUT2D eigenvalue weighted by Gasteiger charge is -2.34. The number of nitrogen functional groups attached to an aromatic ring is 1. The van der Waals surface area contributed by atoms with Crippen LogP contribution in [0.5, 0.6) is 0 Å². The van der Waals surface area contributed by atoms with Crippen LogP contribution in [0, 0.1) is 0 Å². The van der Waals surface area contributed by atoms with Gasteiger partial charge in [-0.3, -0.25) is 4.98 Å². The first kappa shape index (κ1) is 19.2. The molecule has 2 N–H and O–H groups in total. The Morgan fingerprint density at radius 2 is 1.66 bits per heavy atom.